The fraction of sp³-hybridized carbons (Fsp3) is 0.800. The lowest BCUT2D eigenvalue weighted by Crippen LogP contribution is -2.35. The van der Waals surface area contributed by atoms with E-state index in [-0.39, 0.29) is 5.78 Å². The zero-order chi connectivity index (χ0) is 11.3. The zero-order valence-corrected chi connectivity index (χ0v) is 9.02. The van der Waals surface area contributed by atoms with Crippen molar-refractivity contribution in [3.8, 4) is 0 Å². The van der Waals surface area contributed by atoms with Gasteiger partial charge in [-0.2, -0.15) is 0 Å². The molecule has 15 heavy (non-hydrogen) atoms. The molecule has 86 valence electrons. The zero-order valence-electron chi connectivity index (χ0n) is 9.02. The molecule has 0 aromatic carbocycles. The molecule has 1 fully saturated rings. The van der Waals surface area contributed by atoms with Crippen LogP contribution >= 0.6 is 0 Å². The van der Waals surface area contributed by atoms with Crippen LogP contribution in [0.1, 0.15) is 20.3 Å². The molecule has 0 aromatic heterocycles. The third-order valence-corrected chi connectivity index (χ3v) is 2.15. The fourth-order valence-electron chi connectivity index (χ4n) is 1.43. The van der Waals surface area contributed by atoms with Gasteiger partial charge in [0.1, 0.15) is 5.92 Å². The van der Waals surface area contributed by atoms with Gasteiger partial charge in [-0.05, 0) is 13.8 Å². The van der Waals surface area contributed by atoms with E-state index in [9.17, 15) is 9.59 Å². The standard InChI is InChI=1S/C10H16O5/c1-3-13-10(14-4-2)8(11)7-5-6-15-9(7)12/h7,10H,3-6H2,1-2H3. The molecule has 0 bridgehead atoms. The van der Waals surface area contributed by atoms with Crippen LogP contribution in [0, 0.1) is 5.92 Å². The second-order valence-electron chi connectivity index (χ2n) is 3.15. The van der Waals surface area contributed by atoms with E-state index >= 15 is 0 Å². The van der Waals surface area contributed by atoms with Crippen molar-refractivity contribution in [1.29, 1.82) is 0 Å². The Morgan fingerprint density at radius 3 is 2.47 bits per heavy atom. The summed E-state index contributed by atoms with van der Waals surface area (Å²) in [5.74, 6) is -1.52. The molecule has 1 aliphatic rings. The Kier molecular flexibility index (Phi) is 4.71. The third-order valence-electron chi connectivity index (χ3n) is 2.15. The van der Waals surface area contributed by atoms with E-state index in [4.69, 9.17) is 14.2 Å². The van der Waals surface area contributed by atoms with E-state index in [2.05, 4.69) is 0 Å². The van der Waals surface area contributed by atoms with Crippen LogP contribution in [0.2, 0.25) is 0 Å². The molecule has 1 atom stereocenters. The Bertz CT molecular complexity index is 232. The lowest BCUT2D eigenvalue weighted by molar-refractivity contribution is -0.174. The largest absolute Gasteiger partial charge is 0.465 e. The third kappa shape index (κ3) is 3.00. The smallest absolute Gasteiger partial charge is 0.316 e. The molecule has 0 amide bonds. The van der Waals surface area contributed by atoms with E-state index in [1.54, 1.807) is 13.8 Å². The maximum Gasteiger partial charge on any atom is 0.316 e. The summed E-state index contributed by atoms with van der Waals surface area (Å²) in [5.41, 5.74) is 0. The van der Waals surface area contributed by atoms with Gasteiger partial charge in [0.05, 0.1) is 6.61 Å². The molecule has 1 aliphatic heterocycles. The number of ether oxygens (including phenoxy) is 3. The Labute approximate surface area is 88.7 Å². The van der Waals surface area contributed by atoms with Gasteiger partial charge in [-0.15, -0.1) is 0 Å². The maximum atomic E-state index is 11.8. The van der Waals surface area contributed by atoms with Gasteiger partial charge in [-0.25, -0.2) is 0 Å². The number of Topliss-reactive ketones (excluding diaryl/α,β-unsaturated/α-hetero) is 1. The summed E-state index contributed by atoms with van der Waals surface area (Å²) >= 11 is 0. The Morgan fingerprint density at radius 1 is 1.47 bits per heavy atom. The number of rotatable bonds is 6. The van der Waals surface area contributed by atoms with E-state index < -0.39 is 18.2 Å². The lowest BCUT2D eigenvalue weighted by Gasteiger charge is -2.17. The minimum atomic E-state index is -0.935. The second kappa shape index (κ2) is 5.82. The molecule has 0 saturated carbocycles. The van der Waals surface area contributed by atoms with Gasteiger partial charge in [0.25, 0.3) is 0 Å². The summed E-state index contributed by atoms with van der Waals surface area (Å²) in [4.78, 5) is 23.0. The highest BCUT2D eigenvalue weighted by molar-refractivity contribution is 6.01. The van der Waals surface area contributed by atoms with Crippen LogP contribution in [-0.4, -0.2) is 37.9 Å². The number of hydrogen-bond donors (Lipinski definition) is 0. The normalized spacial score (nSPS) is 20.7. The molecule has 5 nitrogen and oxygen atoms in total. The van der Waals surface area contributed by atoms with E-state index in [1.807, 2.05) is 0 Å². The van der Waals surface area contributed by atoms with Crippen LogP contribution in [-0.2, 0) is 23.8 Å². The van der Waals surface area contributed by atoms with Crippen molar-refractivity contribution in [2.45, 2.75) is 26.6 Å². The summed E-state index contributed by atoms with van der Waals surface area (Å²) in [6.45, 7) is 4.59. The van der Waals surface area contributed by atoms with Crippen LogP contribution < -0.4 is 0 Å². The number of cyclic esters (lactones) is 1. The summed E-state index contributed by atoms with van der Waals surface area (Å²) in [7, 11) is 0. The van der Waals surface area contributed by atoms with Crippen LogP contribution in [0.3, 0.4) is 0 Å². The summed E-state index contributed by atoms with van der Waals surface area (Å²) in [5, 5.41) is 0. The van der Waals surface area contributed by atoms with Gasteiger partial charge < -0.3 is 14.2 Å². The van der Waals surface area contributed by atoms with Crippen molar-refractivity contribution in [3.05, 3.63) is 0 Å². The monoisotopic (exact) mass is 216 g/mol. The SMILES string of the molecule is CCOC(OCC)C(=O)C1CCOC1=O. The lowest BCUT2D eigenvalue weighted by atomic mass is 10.0. The van der Waals surface area contributed by atoms with Crippen molar-refractivity contribution in [1.82, 2.24) is 0 Å². The van der Waals surface area contributed by atoms with Crippen LogP contribution in [0.25, 0.3) is 0 Å². The van der Waals surface area contributed by atoms with Crippen molar-refractivity contribution in [2.24, 2.45) is 5.92 Å². The molecule has 1 heterocycles. The first-order valence-corrected chi connectivity index (χ1v) is 5.14. The molecule has 0 spiro atoms. The predicted octanol–water partition coefficient (Wildman–Crippen LogP) is 0.518. The van der Waals surface area contributed by atoms with E-state index in [0.717, 1.165) is 0 Å². The summed E-state index contributed by atoms with van der Waals surface area (Å²) in [6.07, 6.45) is -0.510. The van der Waals surface area contributed by atoms with Crippen LogP contribution in [0.4, 0.5) is 0 Å². The van der Waals surface area contributed by atoms with Gasteiger partial charge in [0, 0.05) is 19.6 Å². The van der Waals surface area contributed by atoms with Gasteiger partial charge in [0.15, 0.2) is 0 Å². The summed E-state index contributed by atoms with van der Waals surface area (Å²) < 4.78 is 15.0. The maximum absolute atomic E-state index is 11.8. The Balaban J connectivity index is 2.57. The molecular weight excluding hydrogens is 200 g/mol. The van der Waals surface area contributed by atoms with Gasteiger partial charge in [0.2, 0.25) is 12.1 Å². The first-order chi connectivity index (χ1) is 7.20. The number of carbonyl (C=O) groups is 2. The highest BCUT2D eigenvalue weighted by Gasteiger charge is 2.38. The first kappa shape index (κ1) is 12.1. The topological polar surface area (TPSA) is 61.8 Å². The van der Waals surface area contributed by atoms with Gasteiger partial charge in [-0.3, -0.25) is 9.59 Å². The average molecular weight is 216 g/mol. The highest BCUT2D eigenvalue weighted by Crippen LogP contribution is 2.18. The van der Waals surface area contributed by atoms with E-state index in [0.29, 0.717) is 26.2 Å². The Morgan fingerprint density at radius 2 is 2.07 bits per heavy atom. The molecule has 1 saturated heterocycles. The van der Waals surface area contributed by atoms with Gasteiger partial charge >= 0.3 is 5.97 Å². The fourth-order valence-corrected chi connectivity index (χ4v) is 1.43. The van der Waals surface area contributed by atoms with Crippen LogP contribution in [0.5, 0.6) is 0 Å². The van der Waals surface area contributed by atoms with Crippen molar-refractivity contribution >= 4 is 11.8 Å². The van der Waals surface area contributed by atoms with Crippen LogP contribution in [0.15, 0.2) is 0 Å². The summed E-state index contributed by atoms with van der Waals surface area (Å²) in [6, 6.07) is 0. The Hall–Kier alpha value is -0.940. The number of esters is 1. The van der Waals surface area contributed by atoms with Crippen molar-refractivity contribution < 1.29 is 23.8 Å². The molecule has 5 heteroatoms. The number of ketones is 1. The molecule has 0 aromatic rings. The molecular formula is C10H16O5. The van der Waals surface area contributed by atoms with E-state index in [1.165, 1.54) is 0 Å². The number of carbonyl (C=O) groups excluding carboxylic acids is 2. The molecule has 0 aliphatic carbocycles. The number of hydrogen-bond acceptors (Lipinski definition) is 5. The molecule has 0 radical (unpaired) electrons. The first-order valence-electron chi connectivity index (χ1n) is 5.14. The molecule has 1 rings (SSSR count). The quantitative estimate of drug-likeness (QED) is 0.368. The van der Waals surface area contributed by atoms with Crippen molar-refractivity contribution in [2.75, 3.05) is 19.8 Å². The van der Waals surface area contributed by atoms with Crippen molar-refractivity contribution in [3.63, 3.8) is 0 Å². The minimum absolute atomic E-state index is 0.306. The molecule has 1 unspecified atom stereocenters. The highest BCUT2D eigenvalue weighted by atomic mass is 16.7. The molecule has 0 N–H and O–H groups in total. The minimum Gasteiger partial charge on any atom is -0.465 e. The second-order valence-corrected chi connectivity index (χ2v) is 3.15. The van der Waals surface area contributed by atoms with Gasteiger partial charge in [-0.1, -0.05) is 0 Å². The average Bonchev–Trinajstić information content (AvgIpc) is 2.63. The predicted molar refractivity (Wildman–Crippen MR) is 51.1 cm³/mol.